The molecule has 0 saturated carbocycles. The number of rotatable bonds is 3. The molecule has 1 saturated heterocycles. The standard InChI is InChI=1S/C13H18FN/c1-2-10-3-5-11(6-4-10)7-12-8-15-9-13(12)14/h3-6,12-13,15H,2,7-9H2,1H3. The molecule has 1 aliphatic rings. The minimum atomic E-state index is -0.671. The zero-order chi connectivity index (χ0) is 10.7. The highest BCUT2D eigenvalue weighted by molar-refractivity contribution is 5.23. The predicted octanol–water partition coefficient (Wildman–Crippen LogP) is 2.35. The smallest absolute Gasteiger partial charge is 0.117 e. The topological polar surface area (TPSA) is 12.0 Å². The maximum Gasteiger partial charge on any atom is 0.117 e. The molecule has 1 nitrogen and oxygen atoms in total. The Bertz CT molecular complexity index is 307. The molecule has 0 aliphatic carbocycles. The second kappa shape index (κ2) is 4.75. The molecule has 0 radical (unpaired) electrons. The average Bonchev–Trinajstić information content (AvgIpc) is 2.66. The monoisotopic (exact) mass is 207 g/mol. The van der Waals surface area contributed by atoms with E-state index in [0.29, 0.717) is 6.54 Å². The first-order chi connectivity index (χ1) is 7.29. The normalized spacial score (nSPS) is 25.7. The summed E-state index contributed by atoms with van der Waals surface area (Å²) in [6.07, 6.45) is 1.26. The molecule has 82 valence electrons. The van der Waals surface area contributed by atoms with Crippen molar-refractivity contribution < 1.29 is 4.39 Å². The molecule has 0 bridgehead atoms. The molecule has 0 aromatic heterocycles. The second-order valence-electron chi connectivity index (χ2n) is 4.31. The summed E-state index contributed by atoms with van der Waals surface area (Å²) < 4.78 is 13.4. The van der Waals surface area contributed by atoms with E-state index in [0.717, 1.165) is 19.4 Å². The van der Waals surface area contributed by atoms with Gasteiger partial charge in [0, 0.05) is 19.0 Å². The summed E-state index contributed by atoms with van der Waals surface area (Å²) >= 11 is 0. The first-order valence-corrected chi connectivity index (χ1v) is 5.72. The number of alkyl halides is 1. The Balaban J connectivity index is 1.98. The number of benzene rings is 1. The summed E-state index contributed by atoms with van der Waals surface area (Å²) in [5, 5.41) is 3.09. The van der Waals surface area contributed by atoms with Crippen molar-refractivity contribution in [2.24, 2.45) is 5.92 Å². The van der Waals surface area contributed by atoms with E-state index in [-0.39, 0.29) is 5.92 Å². The number of aryl methyl sites for hydroxylation is 1. The van der Waals surface area contributed by atoms with Crippen LogP contribution < -0.4 is 5.32 Å². The summed E-state index contributed by atoms with van der Waals surface area (Å²) in [6, 6.07) is 8.55. The minimum Gasteiger partial charge on any atom is -0.313 e. The van der Waals surface area contributed by atoms with Crippen LogP contribution in [0.2, 0.25) is 0 Å². The highest BCUT2D eigenvalue weighted by Gasteiger charge is 2.26. The molecule has 0 amide bonds. The molecule has 0 spiro atoms. The molecule has 1 aromatic rings. The zero-order valence-electron chi connectivity index (χ0n) is 9.17. The van der Waals surface area contributed by atoms with Crippen LogP contribution in [0.5, 0.6) is 0 Å². The summed E-state index contributed by atoms with van der Waals surface area (Å²) in [7, 11) is 0. The lowest BCUT2D eigenvalue weighted by molar-refractivity contribution is 0.282. The van der Waals surface area contributed by atoms with Crippen molar-refractivity contribution >= 4 is 0 Å². The molecule has 1 aromatic carbocycles. The fourth-order valence-corrected chi connectivity index (χ4v) is 2.12. The van der Waals surface area contributed by atoms with Gasteiger partial charge in [-0.25, -0.2) is 4.39 Å². The number of nitrogens with one attached hydrogen (secondary N) is 1. The van der Waals surface area contributed by atoms with Crippen LogP contribution in [0.1, 0.15) is 18.1 Å². The van der Waals surface area contributed by atoms with E-state index in [9.17, 15) is 4.39 Å². The van der Waals surface area contributed by atoms with Gasteiger partial charge in [0.15, 0.2) is 0 Å². The number of hydrogen-bond acceptors (Lipinski definition) is 1. The van der Waals surface area contributed by atoms with Crippen molar-refractivity contribution in [3.63, 3.8) is 0 Å². The zero-order valence-corrected chi connectivity index (χ0v) is 9.17. The highest BCUT2D eigenvalue weighted by atomic mass is 19.1. The highest BCUT2D eigenvalue weighted by Crippen LogP contribution is 2.18. The van der Waals surface area contributed by atoms with Gasteiger partial charge in [0.1, 0.15) is 6.17 Å². The quantitative estimate of drug-likeness (QED) is 0.802. The van der Waals surface area contributed by atoms with Gasteiger partial charge in [0.25, 0.3) is 0 Å². The summed E-state index contributed by atoms with van der Waals surface area (Å²) in [4.78, 5) is 0. The SMILES string of the molecule is CCc1ccc(CC2CNCC2F)cc1. The Morgan fingerprint density at radius 1 is 1.20 bits per heavy atom. The van der Waals surface area contributed by atoms with Gasteiger partial charge in [0.05, 0.1) is 0 Å². The molecule has 2 unspecified atom stereocenters. The van der Waals surface area contributed by atoms with Gasteiger partial charge in [0.2, 0.25) is 0 Å². The molecular weight excluding hydrogens is 189 g/mol. The van der Waals surface area contributed by atoms with Crippen LogP contribution in [0.4, 0.5) is 4.39 Å². The third-order valence-electron chi connectivity index (χ3n) is 3.19. The van der Waals surface area contributed by atoms with E-state index in [2.05, 4.69) is 36.5 Å². The van der Waals surface area contributed by atoms with Gasteiger partial charge >= 0.3 is 0 Å². The Kier molecular flexibility index (Phi) is 3.37. The Labute approximate surface area is 90.7 Å². The Morgan fingerprint density at radius 2 is 1.87 bits per heavy atom. The number of halogens is 1. The lowest BCUT2D eigenvalue weighted by Crippen LogP contribution is -2.15. The molecule has 2 heteroatoms. The maximum absolute atomic E-state index is 13.4. The van der Waals surface area contributed by atoms with Gasteiger partial charge < -0.3 is 5.32 Å². The van der Waals surface area contributed by atoms with Gasteiger partial charge in [-0.05, 0) is 24.0 Å². The van der Waals surface area contributed by atoms with E-state index in [1.54, 1.807) is 0 Å². The van der Waals surface area contributed by atoms with Crippen LogP contribution >= 0.6 is 0 Å². The Hall–Kier alpha value is -0.890. The van der Waals surface area contributed by atoms with Crippen LogP contribution in [-0.2, 0) is 12.8 Å². The maximum atomic E-state index is 13.4. The van der Waals surface area contributed by atoms with Crippen molar-refractivity contribution in [2.45, 2.75) is 25.9 Å². The van der Waals surface area contributed by atoms with Crippen LogP contribution in [0.15, 0.2) is 24.3 Å². The summed E-state index contributed by atoms with van der Waals surface area (Å²) in [5.41, 5.74) is 2.60. The van der Waals surface area contributed by atoms with Crippen LogP contribution in [-0.4, -0.2) is 19.3 Å². The fourth-order valence-electron chi connectivity index (χ4n) is 2.12. The first-order valence-electron chi connectivity index (χ1n) is 5.72. The molecule has 1 aliphatic heterocycles. The lowest BCUT2D eigenvalue weighted by Gasteiger charge is -2.11. The van der Waals surface area contributed by atoms with Crippen molar-refractivity contribution in [2.75, 3.05) is 13.1 Å². The van der Waals surface area contributed by atoms with Gasteiger partial charge in [-0.2, -0.15) is 0 Å². The van der Waals surface area contributed by atoms with Gasteiger partial charge in [-0.15, -0.1) is 0 Å². The van der Waals surface area contributed by atoms with Gasteiger partial charge in [-0.1, -0.05) is 31.2 Å². The van der Waals surface area contributed by atoms with Crippen molar-refractivity contribution in [1.29, 1.82) is 0 Å². The molecule has 2 atom stereocenters. The van der Waals surface area contributed by atoms with Crippen molar-refractivity contribution in [3.05, 3.63) is 35.4 Å². The van der Waals surface area contributed by atoms with Crippen molar-refractivity contribution in [3.8, 4) is 0 Å². The molecule has 1 heterocycles. The van der Waals surface area contributed by atoms with Crippen LogP contribution in [0, 0.1) is 5.92 Å². The lowest BCUT2D eigenvalue weighted by atomic mass is 9.96. The molecular formula is C13H18FN. The van der Waals surface area contributed by atoms with Crippen LogP contribution in [0.3, 0.4) is 0 Å². The van der Waals surface area contributed by atoms with Gasteiger partial charge in [-0.3, -0.25) is 0 Å². The Morgan fingerprint density at radius 3 is 2.40 bits per heavy atom. The second-order valence-corrected chi connectivity index (χ2v) is 4.31. The third-order valence-corrected chi connectivity index (χ3v) is 3.19. The third kappa shape index (κ3) is 2.57. The molecule has 2 rings (SSSR count). The van der Waals surface area contributed by atoms with E-state index in [1.807, 2.05) is 0 Å². The molecule has 15 heavy (non-hydrogen) atoms. The summed E-state index contributed by atoms with van der Waals surface area (Å²) in [5.74, 6) is 0.164. The largest absolute Gasteiger partial charge is 0.313 e. The van der Waals surface area contributed by atoms with Crippen LogP contribution in [0.25, 0.3) is 0 Å². The number of hydrogen-bond donors (Lipinski definition) is 1. The summed E-state index contributed by atoms with van der Waals surface area (Å²) in [6.45, 7) is 3.49. The predicted molar refractivity (Wildman–Crippen MR) is 60.8 cm³/mol. The van der Waals surface area contributed by atoms with E-state index in [1.165, 1.54) is 11.1 Å². The molecule has 1 fully saturated rings. The van der Waals surface area contributed by atoms with E-state index in [4.69, 9.17) is 0 Å². The van der Waals surface area contributed by atoms with E-state index < -0.39 is 6.17 Å². The molecule has 1 N–H and O–H groups in total. The average molecular weight is 207 g/mol. The first kappa shape index (κ1) is 10.6. The fraction of sp³-hybridized carbons (Fsp3) is 0.538. The minimum absolute atomic E-state index is 0.164. The van der Waals surface area contributed by atoms with Crippen molar-refractivity contribution in [1.82, 2.24) is 5.32 Å². The van der Waals surface area contributed by atoms with E-state index >= 15 is 0 Å².